The summed E-state index contributed by atoms with van der Waals surface area (Å²) in [5, 5.41) is 5.16. The Bertz CT molecular complexity index is 1450. The number of thiophene rings is 1. The molecule has 4 heterocycles. The zero-order valence-corrected chi connectivity index (χ0v) is 20.9. The Balaban J connectivity index is 1.62. The molecule has 1 N–H and O–H groups in total. The summed E-state index contributed by atoms with van der Waals surface area (Å²) in [7, 11) is 0. The molecule has 0 spiro atoms. The fraction of sp³-hybridized carbons (Fsp3) is 0.222. The Morgan fingerprint density at radius 2 is 1.94 bits per heavy atom. The van der Waals surface area contributed by atoms with E-state index in [2.05, 4.69) is 45.4 Å². The van der Waals surface area contributed by atoms with Gasteiger partial charge in [0.1, 0.15) is 5.56 Å². The van der Waals surface area contributed by atoms with Crippen LogP contribution in [0, 0.1) is 20.8 Å². The predicted molar refractivity (Wildman–Crippen MR) is 138 cm³/mol. The minimum atomic E-state index is -0.358. The first-order chi connectivity index (χ1) is 16.4. The van der Waals surface area contributed by atoms with Gasteiger partial charge in [-0.15, -0.1) is 23.1 Å². The van der Waals surface area contributed by atoms with Crippen LogP contribution < -0.4 is 10.7 Å². The summed E-state index contributed by atoms with van der Waals surface area (Å²) in [6, 6.07) is 17.6. The lowest BCUT2D eigenvalue weighted by Gasteiger charge is -2.20. The van der Waals surface area contributed by atoms with E-state index in [1.165, 1.54) is 10.4 Å². The van der Waals surface area contributed by atoms with E-state index in [1.807, 2.05) is 44.2 Å². The molecule has 1 amide bonds. The van der Waals surface area contributed by atoms with E-state index in [0.717, 1.165) is 33.4 Å². The number of hydrogen-bond acceptors (Lipinski definition) is 5. The number of nitrogens with zero attached hydrogens (tertiary/aromatic N) is 2. The summed E-state index contributed by atoms with van der Waals surface area (Å²) in [6.07, 6.45) is 0.586. The molecule has 7 heteroatoms. The molecule has 0 saturated heterocycles. The van der Waals surface area contributed by atoms with Crippen molar-refractivity contribution in [3.63, 3.8) is 0 Å². The van der Waals surface area contributed by atoms with E-state index >= 15 is 0 Å². The summed E-state index contributed by atoms with van der Waals surface area (Å²) >= 11 is 3.53. The lowest BCUT2D eigenvalue weighted by molar-refractivity contribution is 0.0947. The second kappa shape index (κ2) is 9.24. The zero-order chi connectivity index (χ0) is 23.8. The number of thioether (sulfide) groups is 1. The van der Waals surface area contributed by atoms with Gasteiger partial charge >= 0.3 is 0 Å². The predicted octanol–water partition coefficient (Wildman–Crippen LogP) is 5.54. The zero-order valence-electron chi connectivity index (χ0n) is 19.3. The fourth-order valence-electron chi connectivity index (χ4n) is 4.49. The number of carbonyl (C=O) groups is 1. The van der Waals surface area contributed by atoms with Crippen molar-refractivity contribution in [2.75, 3.05) is 0 Å². The molecule has 0 saturated carbocycles. The number of pyridine rings is 2. The molecule has 5 nitrogen and oxygen atoms in total. The number of benzene rings is 1. The van der Waals surface area contributed by atoms with E-state index in [0.29, 0.717) is 6.42 Å². The van der Waals surface area contributed by atoms with Crippen molar-refractivity contribution in [1.29, 1.82) is 0 Å². The standard InChI is InChI=1S/C27H25N3O2S2/c1-16-11-12-33-26(16)24-14-21-25(27(32)28-15-19-8-6-7-17(2)29-19)22(31)13-18(3)30(21)20-9-4-5-10-23(20)34-24/h4-13,24H,14-15H2,1-3H3,(H,28,32). The lowest BCUT2D eigenvalue weighted by Crippen LogP contribution is -2.32. The highest BCUT2D eigenvalue weighted by Gasteiger charge is 2.30. The molecule has 4 aromatic rings. The lowest BCUT2D eigenvalue weighted by atomic mass is 10.0. The van der Waals surface area contributed by atoms with E-state index in [-0.39, 0.29) is 28.7 Å². The largest absolute Gasteiger partial charge is 0.346 e. The Hall–Kier alpha value is -3.16. The Labute approximate surface area is 206 Å². The molecule has 1 aromatic carbocycles. The summed E-state index contributed by atoms with van der Waals surface area (Å²) < 4.78 is 2.09. The maximum absolute atomic E-state index is 13.4. The van der Waals surface area contributed by atoms with E-state index < -0.39 is 0 Å². The van der Waals surface area contributed by atoms with Crippen LogP contribution in [-0.4, -0.2) is 15.5 Å². The maximum Gasteiger partial charge on any atom is 0.257 e. The number of rotatable bonds is 4. The van der Waals surface area contributed by atoms with Crippen LogP contribution in [-0.2, 0) is 13.0 Å². The smallest absolute Gasteiger partial charge is 0.257 e. The third-order valence-electron chi connectivity index (χ3n) is 6.05. The van der Waals surface area contributed by atoms with Gasteiger partial charge in [0.15, 0.2) is 5.43 Å². The third-order valence-corrected chi connectivity index (χ3v) is 8.62. The number of aryl methyl sites for hydroxylation is 3. The van der Waals surface area contributed by atoms with Crippen LogP contribution in [0.3, 0.4) is 0 Å². The molecule has 0 fully saturated rings. The number of hydrogen-bond donors (Lipinski definition) is 1. The topological polar surface area (TPSA) is 64.0 Å². The van der Waals surface area contributed by atoms with Gasteiger partial charge in [0.25, 0.3) is 5.91 Å². The van der Waals surface area contributed by atoms with Gasteiger partial charge in [0.05, 0.1) is 17.9 Å². The maximum atomic E-state index is 13.4. The SMILES string of the molecule is Cc1cccc(CNC(=O)c2c3n(c(C)cc2=O)-c2ccccc2SC(c2sccc2C)C3)n1. The second-order valence-electron chi connectivity index (χ2n) is 8.51. The first kappa shape index (κ1) is 22.6. The number of para-hydroxylation sites is 1. The number of aromatic nitrogens is 2. The van der Waals surface area contributed by atoms with Gasteiger partial charge in [0, 0.05) is 44.6 Å². The average Bonchev–Trinajstić information content (AvgIpc) is 3.15. The fourth-order valence-corrected chi connectivity index (χ4v) is 6.99. The van der Waals surface area contributed by atoms with Crippen molar-refractivity contribution in [2.45, 2.75) is 43.9 Å². The van der Waals surface area contributed by atoms with Gasteiger partial charge in [0.2, 0.25) is 0 Å². The third kappa shape index (κ3) is 4.21. The quantitative estimate of drug-likeness (QED) is 0.411. The van der Waals surface area contributed by atoms with Crippen LogP contribution in [0.25, 0.3) is 5.69 Å². The minimum Gasteiger partial charge on any atom is -0.346 e. The monoisotopic (exact) mass is 487 g/mol. The highest BCUT2D eigenvalue weighted by Crippen LogP contribution is 2.46. The van der Waals surface area contributed by atoms with Crippen molar-refractivity contribution in [1.82, 2.24) is 14.9 Å². The summed E-state index contributed by atoms with van der Waals surface area (Å²) in [4.78, 5) is 33.5. The van der Waals surface area contributed by atoms with Crippen molar-refractivity contribution < 1.29 is 4.79 Å². The molecule has 1 aliphatic heterocycles. The van der Waals surface area contributed by atoms with E-state index in [1.54, 1.807) is 29.2 Å². The number of fused-ring (bicyclic) bond motifs is 3. The van der Waals surface area contributed by atoms with Crippen LogP contribution in [0.2, 0.25) is 0 Å². The Kier molecular flexibility index (Phi) is 6.15. The average molecular weight is 488 g/mol. The van der Waals surface area contributed by atoms with Crippen LogP contribution >= 0.6 is 23.1 Å². The van der Waals surface area contributed by atoms with Crippen molar-refractivity contribution in [3.8, 4) is 5.69 Å². The molecule has 0 bridgehead atoms. The van der Waals surface area contributed by atoms with Crippen molar-refractivity contribution in [2.24, 2.45) is 0 Å². The number of amides is 1. The van der Waals surface area contributed by atoms with Crippen molar-refractivity contribution in [3.05, 3.63) is 109 Å². The molecule has 5 rings (SSSR count). The molecule has 1 atom stereocenters. The number of carbonyl (C=O) groups excluding carboxylic acids is 1. The molecule has 3 aromatic heterocycles. The summed E-state index contributed by atoms with van der Waals surface area (Å²) in [6.45, 7) is 6.24. The van der Waals surface area contributed by atoms with Crippen LogP contribution in [0.4, 0.5) is 0 Å². The first-order valence-corrected chi connectivity index (χ1v) is 12.9. The normalized spacial score (nSPS) is 14.7. The molecular weight excluding hydrogens is 462 g/mol. The molecule has 34 heavy (non-hydrogen) atoms. The van der Waals surface area contributed by atoms with Crippen molar-refractivity contribution >= 4 is 29.0 Å². The number of nitrogens with one attached hydrogen (secondary N) is 1. The van der Waals surface area contributed by atoms with Gasteiger partial charge in [-0.2, -0.15) is 0 Å². The second-order valence-corrected chi connectivity index (χ2v) is 10.7. The summed E-state index contributed by atoms with van der Waals surface area (Å²) in [5.41, 5.74) is 5.45. The van der Waals surface area contributed by atoms with Gasteiger partial charge in [-0.05, 0) is 62.0 Å². The minimum absolute atomic E-state index is 0.112. The van der Waals surface area contributed by atoms with Crippen LogP contribution in [0.15, 0.2) is 69.7 Å². The highest BCUT2D eigenvalue weighted by atomic mass is 32.2. The molecule has 1 unspecified atom stereocenters. The van der Waals surface area contributed by atoms with E-state index in [4.69, 9.17) is 0 Å². The molecule has 0 aliphatic carbocycles. The molecule has 172 valence electrons. The molecule has 0 radical (unpaired) electrons. The highest BCUT2D eigenvalue weighted by molar-refractivity contribution is 7.99. The van der Waals surface area contributed by atoms with E-state index in [9.17, 15) is 9.59 Å². The van der Waals surface area contributed by atoms with Gasteiger partial charge in [-0.1, -0.05) is 18.2 Å². The molecular formula is C27H25N3O2S2. The van der Waals surface area contributed by atoms with Gasteiger partial charge in [-0.25, -0.2) is 0 Å². The Morgan fingerprint density at radius 3 is 2.71 bits per heavy atom. The molecule has 1 aliphatic rings. The van der Waals surface area contributed by atoms with Gasteiger partial charge in [-0.3, -0.25) is 14.6 Å². The summed E-state index contributed by atoms with van der Waals surface area (Å²) in [5.74, 6) is -0.358. The Morgan fingerprint density at radius 1 is 1.12 bits per heavy atom. The van der Waals surface area contributed by atoms with Crippen LogP contribution in [0.5, 0.6) is 0 Å². The first-order valence-electron chi connectivity index (χ1n) is 11.2. The van der Waals surface area contributed by atoms with Gasteiger partial charge < -0.3 is 9.88 Å². The van der Waals surface area contributed by atoms with Crippen LogP contribution in [0.1, 0.15) is 48.8 Å².